The van der Waals surface area contributed by atoms with Crippen LogP contribution in [-0.2, 0) is 11.2 Å². The topological polar surface area (TPSA) is 42.4 Å². The van der Waals surface area contributed by atoms with Gasteiger partial charge in [0.2, 0.25) is 0 Å². The highest BCUT2D eigenvalue weighted by Gasteiger charge is 2.38. The van der Waals surface area contributed by atoms with E-state index in [-0.39, 0.29) is 12.0 Å². The largest absolute Gasteiger partial charge is 0.480 e. The van der Waals surface area contributed by atoms with Crippen molar-refractivity contribution in [3.8, 4) is 5.75 Å². The lowest BCUT2D eigenvalue weighted by Gasteiger charge is -2.40. The Bertz CT molecular complexity index is 641. The maximum atomic E-state index is 12.5. The third kappa shape index (κ3) is 2.17. The molecular formula is C17H16N2O2. The van der Waals surface area contributed by atoms with Crippen LogP contribution in [0.2, 0.25) is 0 Å². The standard InChI is InChI=1S/C17H16N2O2/c20-17(16-9-13-3-1-2-4-15(13)21-16)19-10-14(11-19)12-5-7-18-8-6-12/h1-8,14,16H,9-11H2/t16-/m1/s1. The number of aromatic nitrogens is 1. The summed E-state index contributed by atoms with van der Waals surface area (Å²) in [5.41, 5.74) is 2.38. The second-order valence-corrected chi connectivity index (χ2v) is 5.64. The molecule has 1 saturated heterocycles. The predicted molar refractivity (Wildman–Crippen MR) is 78.1 cm³/mol. The molecule has 0 radical (unpaired) electrons. The van der Waals surface area contributed by atoms with Crippen molar-refractivity contribution in [2.24, 2.45) is 0 Å². The lowest BCUT2D eigenvalue weighted by atomic mass is 9.91. The number of likely N-dealkylation sites (tertiary alicyclic amines) is 1. The van der Waals surface area contributed by atoms with Crippen molar-refractivity contribution < 1.29 is 9.53 Å². The molecule has 1 amide bonds. The molecule has 2 aromatic rings. The maximum Gasteiger partial charge on any atom is 0.264 e. The molecule has 1 fully saturated rings. The normalized spacial score (nSPS) is 20.6. The molecule has 0 saturated carbocycles. The molecule has 1 atom stereocenters. The number of nitrogens with zero attached hydrogens (tertiary/aromatic N) is 2. The Labute approximate surface area is 123 Å². The molecule has 106 valence electrons. The zero-order valence-electron chi connectivity index (χ0n) is 11.6. The van der Waals surface area contributed by atoms with Gasteiger partial charge < -0.3 is 9.64 Å². The van der Waals surface area contributed by atoms with Crippen LogP contribution in [0.4, 0.5) is 0 Å². The fourth-order valence-electron chi connectivity index (χ4n) is 3.03. The Balaban J connectivity index is 1.38. The summed E-state index contributed by atoms with van der Waals surface area (Å²) in [4.78, 5) is 18.4. The van der Waals surface area contributed by atoms with Crippen LogP contribution >= 0.6 is 0 Å². The minimum atomic E-state index is -0.346. The van der Waals surface area contributed by atoms with Crippen molar-refractivity contribution in [1.82, 2.24) is 9.88 Å². The van der Waals surface area contributed by atoms with Gasteiger partial charge in [-0.3, -0.25) is 9.78 Å². The van der Waals surface area contributed by atoms with Crippen molar-refractivity contribution in [2.75, 3.05) is 13.1 Å². The first kappa shape index (κ1) is 12.4. The summed E-state index contributed by atoms with van der Waals surface area (Å²) in [5.74, 6) is 1.39. The van der Waals surface area contributed by atoms with E-state index in [1.165, 1.54) is 5.56 Å². The summed E-state index contributed by atoms with van der Waals surface area (Å²) in [6.45, 7) is 1.55. The van der Waals surface area contributed by atoms with Crippen LogP contribution in [0.3, 0.4) is 0 Å². The van der Waals surface area contributed by atoms with E-state index >= 15 is 0 Å². The fraction of sp³-hybridized carbons (Fsp3) is 0.294. The minimum absolute atomic E-state index is 0.108. The van der Waals surface area contributed by atoms with Crippen molar-refractivity contribution in [3.05, 3.63) is 59.9 Å². The van der Waals surface area contributed by atoms with Gasteiger partial charge in [-0.15, -0.1) is 0 Å². The van der Waals surface area contributed by atoms with Gasteiger partial charge in [-0.2, -0.15) is 0 Å². The number of para-hydroxylation sites is 1. The van der Waals surface area contributed by atoms with Crippen LogP contribution in [-0.4, -0.2) is 35.0 Å². The van der Waals surface area contributed by atoms with Crippen molar-refractivity contribution in [2.45, 2.75) is 18.4 Å². The molecule has 0 spiro atoms. The molecule has 0 aliphatic carbocycles. The Kier molecular flexibility index (Phi) is 2.88. The summed E-state index contributed by atoms with van der Waals surface area (Å²) >= 11 is 0. The lowest BCUT2D eigenvalue weighted by molar-refractivity contribution is -0.142. The van der Waals surface area contributed by atoms with E-state index in [0.717, 1.165) is 24.4 Å². The van der Waals surface area contributed by atoms with Crippen molar-refractivity contribution in [3.63, 3.8) is 0 Å². The van der Waals surface area contributed by atoms with Crippen LogP contribution in [0.15, 0.2) is 48.8 Å². The number of pyridine rings is 1. The summed E-state index contributed by atoms with van der Waals surface area (Å²) < 4.78 is 5.77. The number of benzene rings is 1. The molecular weight excluding hydrogens is 264 g/mol. The molecule has 4 nitrogen and oxygen atoms in total. The van der Waals surface area contributed by atoms with Gasteiger partial charge in [-0.05, 0) is 29.3 Å². The van der Waals surface area contributed by atoms with Gasteiger partial charge in [0, 0.05) is 37.8 Å². The van der Waals surface area contributed by atoms with Gasteiger partial charge in [-0.25, -0.2) is 0 Å². The quantitative estimate of drug-likeness (QED) is 0.845. The molecule has 21 heavy (non-hydrogen) atoms. The molecule has 4 rings (SSSR count). The first-order valence-electron chi connectivity index (χ1n) is 7.24. The molecule has 0 N–H and O–H groups in total. The Morgan fingerprint density at radius 2 is 1.90 bits per heavy atom. The number of ether oxygens (including phenoxy) is 1. The Morgan fingerprint density at radius 3 is 2.67 bits per heavy atom. The van der Waals surface area contributed by atoms with Crippen LogP contribution in [0.1, 0.15) is 17.0 Å². The van der Waals surface area contributed by atoms with Gasteiger partial charge >= 0.3 is 0 Å². The number of carbonyl (C=O) groups excluding carboxylic acids is 1. The summed E-state index contributed by atoms with van der Waals surface area (Å²) in [5, 5.41) is 0. The third-order valence-electron chi connectivity index (χ3n) is 4.29. The maximum absolute atomic E-state index is 12.5. The lowest BCUT2D eigenvalue weighted by Crippen LogP contribution is -2.53. The molecule has 3 heterocycles. The Hall–Kier alpha value is -2.36. The molecule has 2 aliphatic heterocycles. The predicted octanol–water partition coefficient (Wildman–Crippen LogP) is 2.01. The molecule has 0 unspecified atom stereocenters. The van der Waals surface area contributed by atoms with E-state index in [1.807, 2.05) is 41.3 Å². The van der Waals surface area contributed by atoms with Gasteiger partial charge in [0.05, 0.1) is 0 Å². The molecule has 0 bridgehead atoms. The highest BCUT2D eigenvalue weighted by Crippen LogP contribution is 2.32. The van der Waals surface area contributed by atoms with Crippen LogP contribution in [0.5, 0.6) is 5.75 Å². The SMILES string of the molecule is O=C([C@H]1Cc2ccccc2O1)N1CC(c2ccncc2)C1. The monoisotopic (exact) mass is 280 g/mol. The van der Waals surface area contributed by atoms with Crippen molar-refractivity contribution >= 4 is 5.91 Å². The number of amides is 1. The number of carbonyl (C=O) groups is 1. The summed E-state index contributed by atoms with van der Waals surface area (Å²) in [6, 6.07) is 11.9. The number of hydrogen-bond acceptors (Lipinski definition) is 3. The number of rotatable bonds is 2. The van der Waals surface area contributed by atoms with Gasteiger partial charge in [0.25, 0.3) is 5.91 Å². The van der Waals surface area contributed by atoms with E-state index in [0.29, 0.717) is 12.3 Å². The highest BCUT2D eigenvalue weighted by atomic mass is 16.5. The highest BCUT2D eigenvalue weighted by molar-refractivity contribution is 5.83. The first-order valence-corrected chi connectivity index (χ1v) is 7.24. The van der Waals surface area contributed by atoms with E-state index in [1.54, 1.807) is 12.4 Å². The van der Waals surface area contributed by atoms with Crippen molar-refractivity contribution in [1.29, 1.82) is 0 Å². The van der Waals surface area contributed by atoms with Crippen LogP contribution in [0, 0.1) is 0 Å². The number of hydrogen-bond donors (Lipinski definition) is 0. The molecule has 4 heteroatoms. The average Bonchev–Trinajstić information content (AvgIpc) is 2.90. The fourth-order valence-corrected chi connectivity index (χ4v) is 3.03. The summed E-state index contributed by atoms with van der Waals surface area (Å²) in [7, 11) is 0. The third-order valence-corrected chi connectivity index (χ3v) is 4.29. The van der Waals surface area contributed by atoms with Crippen LogP contribution < -0.4 is 4.74 Å². The van der Waals surface area contributed by atoms with Gasteiger partial charge in [0.1, 0.15) is 5.75 Å². The van der Waals surface area contributed by atoms with E-state index < -0.39 is 0 Å². The summed E-state index contributed by atoms with van der Waals surface area (Å²) in [6.07, 6.45) is 3.94. The number of fused-ring (bicyclic) bond motifs is 1. The van der Waals surface area contributed by atoms with Gasteiger partial charge in [0.15, 0.2) is 6.10 Å². The second kappa shape index (κ2) is 4.88. The van der Waals surface area contributed by atoms with E-state index in [4.69, 9.17) is 4.74 Å². The molecule has 1 aromatic heterocycles. The Morgan fingerprint density at radius 1 is 1.14 bits per heavy atom. The van der Waals surface area contributed by atoms with Crippen LogP contribution in [0.25, 0.3) is 0 Å². The first-order chi connectivity index (χ1) is 10.3. The average molecular weight is 280 g/mol. The zero-order chi connectivity index (χ0) is 14.2. The molecule has 1 aromatic carbocycles. The van der Waals surface area contributed by atoms with E-state index in [2.05, 4.69) is 4.98 Å². The van der Waals surface area contributed by atoms with E-state index in [9.17, 15) is 4.79 Å². The second-order valence-electron chi connectivity index (χ2n) is 5.64. The molecule has 2 aliphatic rings. The smallest absolute Gasteiger partial charge is 0.264 e. The van der Waals surface area contributed by atoms with Gasteiger partial charge in [-0.1, -0.05) is 18.2 Å². The minimum Gasteiger partial charge on any atom is -0.480 e. The zero-order valence-corrected chi connectivity index (χ0v) is 11.6.